The average Bonchev–Trinajstić information content (AvgIpc) is 2.28. The van der Waals surface area contributed by atoms with Gasteiger partial charge in [-0.15, -0.1) is 0 Å². The van der Waals surface area contributed by atoms with Gasteiger partial charge < -0.3 is 34.4 Å². The van der Waals surface area contributed by atoms with E-state index in [1.807, 2.05) is 0 Å². The van der Waals surface area contributed by atoms with Gasteiger partial charge in [0.05, 0.1) is 19.3 Å². The van der Waals surface area contributed by atoms with Crippen molar-refractivity contribution in [2.75, 3.05) is 19.8 Å². The monoisotopic (exact) mass is 299 g/mol. The number of carboxylic acids is 1. The van der Waals surface area contributed by atoms with Crippen molar-refractivity contribution in [3.8, 4) is 0 Å². The Hall–Kier alpha value is -0.593. The van der Waals surface area contributed by atoms with E-state index in [2.05, 4.69) is 5.32 Å². The van der Waals surface area contributed by atoms with E-state index in [0.29, 0.717) is 0 Å². The predicted molar refractivity (Wildman–Crippen MR) is 65.0 cm³/mol. The summed E-state index contributed by atoms with van der Waals surface area (Å²) in [6.07, 6.45) is -0.955. The van der Waals surface area contributed by atoms with E-state index >= 15 is 0 Å². The Morgan fingerprint density at radius 1 is 1.37 bits per heavy atom. The summed E-state index contributed by atoms with van der Waals surface area (Å²) in [6.45, 7) is 0.483. The number of aliphatic hydroxyl groups excluding tert-OH is 2. The maximum Gasteiger partial charge on any atom is 0.523 e. The first kappa shape index (κ1) is 18.4. The lowest BCUT2D eigenvalue weighted by Gasteiger charge is -2.23. The highest BCUT2D eigenvalue weighted by Crippen LogP contribution is 2.07. The Labute approximate surface area is 111 Å². The van der Waals surface area contributed by atoms with Crippen LogP contribution in [0.25, 0.3) is 0 Å². The van der Waals surface area contributed by atoms with Gasteiger partial charge in [-0.05, 0) is 6.42 Å². The minimum absolute atomic E-state index is 0.157. The molecule has 114 valence electrons. The molecule has 0 saturated carbocycles. The van der Waals surface area contributed by atoms with Crippen LogP contribution in [0.5, 0.6) is 0 Å². The zero-order valence-corrected chi connectivity index (χ0v) is 11.6. The second-order valence-electron chi connectivity index (χ2n) is 4.05. The van der Waals surface area contributed by atoms with Gasteiger partial charge in [0.1, 0.15) is 11.8 Å². The summed E-state index contributed by atoms with van der Waals surface area (Å²) in [5.41, 5.74) is -1.16. The number of rotatable bonds is 10. The molecule has 3 unspecified atom stereocenters. The summed E-state index contributed by atoms with van der Waals surface area (Å²) in [5, 5.41) is 29.2. The third-order valence-corrected chi connectivity index (χ3v) is 3.81. The molecular weight excluding hydrogens is 278 g/mol. The van der Waals surface area contributed by atoms with E-state index in [-0.39, 0.29) is 19.6 Å². The Morgan fingerprint density at radius 3 is 2.32 bits per heavy atom. The van der Waals surface area contributed by atoms with Crippen LogP contribution in [0.1, 0.15) is 13.3 Å². The van der Waals surface area contributed by atoms with E-state index < -0.39 is 39.3 Å². The molecule has 19 heavy (non-hydrogen) atoms. The molecule has 0 amide bonds. The van der Waals surface area contributed by atoms with Gasteiger partial charge in [-0.3, -0.25) is 10.1 Å². The van der Waals surface area contributed by atoms with Crippen molar-refractivity contribution in [1.82, 2.24) is 5.32 Å². The fourth-order valence-electron chi connectivity index (χ4n) is 1.30. The molecule has 0 aromatic heterocycles. The number of aliphatic carboxylic acids is 1. The molecule has 0 saturated heterocycles. The van der Waals surface area contributed by atoms with Crippen molar-refractivity contribution in [3.05, 3.63) is 0 Å². The smallest absolute Gasteiger partial charge is 0.480 e. The van der Waals surface area contributed by atoms with Crippen LogP contribution >= 0.6 is 0 Å². The van der Waals surface area contributed by atoms with Gasteiger partial charge in [0.15, 0.2) is 0 Å². The molecule has 0 bridgehead atoms. The van der Waals surface area contributed by atoms with Crippen molar-refractivity contribution in [1.29, 1.82) is 0 Å². The van der Waals surface area contributed by atoms with Crippen LogP contribution in [-0.4, -0.2) is 82.1 Å². The van der Waals surface area contributed by atoms with Crippen LogP contribution in [0, 0.1) is 0 Å². The minimum atomic E-state index is -4.41. The fourth-order valence-corrected chi connectivity index (χ4v) is 2.17. The molecule has 9 nitrogen and oxygen atoms in total. The second kappa shape index (κ2) is 8.55. The summed E-state index contributed by atoms with van der Waals surface area (Å²) in [6, 6.07) is -1.20. The predicted octanol–water partition coefficient (Wildman–Crippen LogP) is -3.37. The van der Waals surface area contributed by atoms with E-state index in [1.165, 1.54) is 0 Å². The Kier molecular flexibility index (Phi) is 8.29. The largest absolute Gasteiger partial charge is 0.523 e. The average molecular weight is 299 g/mol. The summed E-state index contributed by atoms with van der Waals surface area (Å²) >= 11 is 0. The molecule has 0 aliphatic carbocycles. The van der Waals surface area contributed by atoms with Crippen molar-refractivity contribution < 1.29 is 39.2 Å². The molecule has 10 heteroatoms. The van der Waals surface area contributed by atoms with Crippen LogP contribution in [0.15, 0.2) is 0 Å². The summed E-state index contributed by atoms with van der Waals surface area (Å²) in [5.74, 6) is -1.26. The lowest BCUT2D eigenvalue weighted by molar-refractivity contribution is -0.140. The third-order valence-electron chi connectivity index (χ3n) is 2.37. The van der Waals surface area contributed by atoms with Gasteiger partial charge in [0.2, 0.25) is 0 Å². The standard InChI is InChI=1S/C9H21NO8Si/c1-2-8(19(15,16)17)18-5-6(12)3-10-7(4-11)9(13)14/h6-8,10-12,15-17H,2-5H2,1H3,(H,13,14). The van der Waals surface area contributed by atoms with Crippen LogP contribution < -0.4 is 5.32 Å². The summed E-state index contributed by atoms with van der Waals surface area (Å²) < 4.78 is 4.96. The Balaban J connectivity index is 4.04. The first-order valence-corrected chi connectivity index (χ1v) is 7.68. The molecule has 7 N–H and O–H groups in total. The zero-order valence-electron chi connectivity index (χ0n) is 10.6. The van der Waals surface area contributed by atoms with E-state index in [9.17, 15) is 9.90 Å². The number of carboxylic acid groups (broad SMARTS) is 1. The number of carbonyl (C=O) groups is 1. The van der Waals surface area contributed by atoms with Crippen molar-refractivity contribution >= 4 is 14.8 Å². The lowest BCUT2D eigenvalue weighted by Crippen LogP contribution is -2.51. The summed E-state index contributed by atoms with van der Waals surface area (Å²) in [4.78, 5) is 37.7. The van der Waals surface area contributed by atoms with Gasteiger partial charge in [0.25, 0.3) is 0 Å². The Morgan fingerprint density at radius 2 is 1.95 bits per heavy atom. The van der Waals surface area contributed by atoms with Crippen LogP contribution in [0.2, 0.25) is 0 Å². The van der Waals surface area contributed by atoms with Crippen LogP contribution in [-0.2, 0) is 9.53 Å². The quantitative estimate of drug-likeness (QED) is 0.204. The highest BCUT2D eigenvalue weighted by Gasteiger charge is 2.39. The molecule has 0 aromatic rings. The summed E-state index contributed by atoms with van der Waals surface area (Å²) in [7, 11) is -4.41. The lowest BCUT2D eigenvalue weighted by atomic mass is 10.3. The fraction of sp³-hybridized carbons (Fsp3) is 0.889. The SMILES string of the molecule is CCC(OCC(O)CNC(CO)C(=O)O)[Si](O)(O)O. The van der Waals surface area contributed by atoms with Gasteiger partial charge in [-0.1, -0.05) is 6.92 Å². The van der Waals surface area contributed by atoms with E-state index in [0.717, 1.165) is 0 Å². The van der Waals surface area contributed by atoms with Gasteiger partial charge in [-0.25, -0.2) is 0 Å². The Bertz CT molecular complexity index is 271. The van der Waals surface area contributed by atoms with Crippen LogP contribution in [0.3, 0.4) is 0 Å². The molecule has 0 aromatic carbocycles. The molecular formula is C9H21NO8Si. The zero-order chi connectivity index (χ0) is 15.1. The molecule has 0 aliphatic heterocycles. The molecule has 0 heterocycles. The van der Waals surface area contributed by atoms with E-state index in [4.69, 9.17) is 29.3 Å². The second-order valence-corrected chi connectivity index (χ2v) is 6.07. The molecule has 0 aliphatic rings. The topological polar surface area (TPSA) is 160 Å². The number of ether oxygens (including phenoxy) is 1. The maximum absolute atomic E-state index is 10.6. The number of hydrogen-bond acceptors (Lipinski definition) is 8. The number of aliphatic hydroxyl groups is 2. The highest BCUT2D eigenvalue weighted by atomic mass is 28.4. The third kappa shape index (κ3) is 7.54. The minimum Gasteiger partial charge on any atom is -0.480 e. The first-order valence-electron chi connectivity index (χ1n) is 5.76. The maximum atomic E-state index is 10.6. The van der Waals surface area contributed by atoms with E-state index in [1.54, 1.807) is 6.92 Å². The van der Waals surface area contributed by atoms with Gasteiger partial charge in [-0.2, -0.15) is 0 Å². The molecule has 0 spiro atoms. The first-order chi connectivity index (χ1) is 8.72. The highest BCUT2D eigenvalue weighted by molar-refractivity contribution is 6.57. The van der Waals surface area contributed by atoms with Crippen molar-refractivity contribution in [2.24, 2.45) is 0 Å². The molecule has 0 fully saturated rings. The van der Waals surface area contributed by atoms with Gasteiger partial charge in [0, 0.05) is 6.54 Å². The number of nitrogens with one attached hydrogen (secondary N) is 1. The molecule has 3 atom stereocenters. The number of hydrogen-bond donors (Lipinski definition) is 7. The molecule has 0 radical (unpaired) electrons. The normalized spacial score (nSPS) is 16.9. The molecule has 0 rings (SSSR count). The van der Waals surface area contributed by atoms with Gasteiger partial charge >= 0.3 is 14.8 Å². The van der Waals surface area contributed by atoms with Crippen LogP contribution in [0.4, 0.5) is 0 Å². The van der Waals surface area contributed by atoms with Crippen molar-refractivity contribution in [2.45, 2.75) is 31.2 Å². The van der Waals surface area contributed by atoms with Crippen molar-refractivity contribution in [3.63, 3.8) is 0 Å².